The zero-order valence-electron chi connectivity index (χ0n) is 22.6. The Hall–Kier alpha value is -3.56. The van der Waals surface area contributed by atoms with Gasteiger partial charge in [-0.15, -0.1) is 0 Å². The zero-order chi connectivity index (χ0) is 28.6. The largest absolute Gasteiger partial charge is 0.492 e. The van der Waals surface area contributed by atoms with Gasteiger partial charge in [-0.3, -0.25) is 13.9 Å². The van der Waals surface area contributed by atoms with E-state index in [1.54, 1.807) is 31.2 Å². The molecule has 3 rings (SSSR count). The van der Waals surface area contributed by atoms with E-state index in [1.165, 1.54) is 36.2 Å². The first-order chi connectivity index (χ1) is 18.6. The van der Waals surface area contributed by atoms with Crippen LogP contribution in [0.4, 0.5) is 5.69 Å². The first-order valence-electron chi connectivity index (χ1n) is 12.7. The lowest BCUT2D eigenvalue weighted by Crippen LogP contribution is -2.51. The Morgan fingerprint density at radius 3 is 2.31 bits per heavy atom. The topological polar surface area (TPSA) is 96.0 Å². The molecule has 1 N–H and O–H groups in total. The van der Waals surface area contributed by atoms with Gasteiger partial charge in [-0.25, -0.2) is 8.42 Å². The summed E-state index contributed by atoms with van der Waals surface area (Å²) in [7, 11) is -2.72. The third kappa shape index (κ3) is 7.30. The smallest absolute Gasteiger partial charge is 0.264 e. The van der Waals surface area contributed by atoms with E-state index >= 15 is 0 Å². The fourth-order valence-corrected chi connectivity index (χ4v) is 5.83. The minimum Gasteiger partial charge on any atom is -0.492 e. The molecular formula is C29H34ClN3O5S. The standard InChI is InChI=1S/C29H34ClN3O5S/c1-5-25(29(35)31-4)32(19-22-11-9-10-21(3)18-22)28(34)20-33(26-12-7-8-13-27(26)38-6-2)39(36,37)24-16-14-23(30)15-17-24/h7-18,25H,5-6,19-20H2,1-4H3,(H,31,35)/t25-/m0/s1. The van der Waals surface area contributed by atoms with Crippen LogP contribution < -0.4 is 14.4 Å². The fourth-order valence-electron chi connectivity index (χ4n) is 4.28. The van der Waals surface area contributed by atoms with Crippen molar-refractivity contribution in [1.29, 1.82) is 0 Å². The molecule has 0 aromatic heterocycles. The molecule has 0 unspecified atom stereocenters. The normalized spacial score (nSPS) is 11.9. The Morgan fingerprint density at radius 2 is 1.69 bits per heavy atom. The van der Waals surface area contributed by atoms with Crippen LogP contribution in [0.15, 0.2) is 77.7 Å². The highest BCUT2D eigenvalue weighted by Gasteiger charge is 2.34. The Balaban J connectivity index is 2.11. The number of benzene rings is 3. The fraction of sp³-hybridized carbons (Fsp3) is 0.310. The number of sulfonamides is 1. The number of halogens is 1. The van der Waals surface area contributed by atoms with E-state index in [-0.39, 0.29) is 23.0 Å². The predicted molar refractivity (Wildman–Crippen MR) is 153 cm³/mol. The number of anilines is 1. The molecule has 0 saturated heterocycles. The van der Waals surface area contributed by atoms with Crippen molar-refractivity contribution in [3.05, 3.63) is 88.9 Å². The summed E-state index contributed by atoms with van der Waals surface area (Å²) >= 11 is 6.01. The van der Waals surface area contributed by atoms with Crippen LogP contribution in [0.1, 0.15) is 31.4 Å². The molecule has 0 heterocycles. The van der Waals surface area contributed by atoms with E-state index in [4.69, 9.17) is 16.3 Å². The van der Waals surface area contributed by atoms with Crippen molar-refractivity contribution in [2.45, 2.75) is 44.7 Å². The second-order valence-corrected chi connectivity index (χ2v) is 11.2. The molecule has 0 fully saturated rings. The average Bonchev–Trinajstić information content (AvgIpc) is 2.92. The van der Waals surface area contributed by atoms with Crippen molar-refractivity contribution in [2.24, 2.45) is 0 Å². The molecule has 3 aromatic rings. The quantitative estimate of drug-likeness (QED) is 0.337. The lowest BCUT2D eigenvalue weighted by Gasteiger charge is -2.33. The van der Waals surface area contributed by atoms with Gasteiger partial charge < -0.3 is 15.0 Å². The van der Waals surface area contributed by atoms with Crippen LogP contribution in [-0.4, -0.2) is 51.4 Å². The van der Waals surface area contributed by atoms with E-state index in [1.807, 2.05) is 38.1 Å². The maximum atomic E-state index is 14.0. The van der Waals surface area contributed by atoms with Crippen LogP contribution in [-0.2, 0) is 26.2 Å². The van der Waals surface area contributed by atoms with Gasteiger partial charge in [-0.1, -0.05) is 60.5 Å². The molecule has 0 aliphatic carbocycles. The van der Waals surface area contributed by atoms with Gasteiger partial charge in [0.2, 0.25) is 11.8 Å². The Labute approximate surface area is 235 Å². The monoisotopic (exact) mass is 571 g/mol. The lowest BCUT2D eigenvalue weighted by molar-refractivity contribution is -0.140. The van der Waals surface area contributed by atoms with Crippen molar-refractivity contribution in [1.82, 2.24) is 10.2 Å². The molecule has 0 spiro atoms. The molecule has 0 saturated carbocycles. The van der Waals surface area contributed by atoms with Gasteiger partial charge in [0.1, 0.15) is 18.3 Å². The van der Waals surface area contributed by atoms with Gasteiger partial charge >= 0.3 is 0 Å². The molecule has 2 amide bonds. The molecule has 1 atom stereocenters. The lowest BCUT2D eigenvalue weighted by atomic mass is 10.1. The number of para-hydroxylation sites is 2. The summed E-state index contributed by atoms with van der Waals surface area (Å²) in [5, 5.41) is 3.01. The maximum absolute atomic E-state index is 14.0. The second kappa shape index (κ2) is 13.5. The van der Waals surface area contributed by atoms with Gasteiger partial charge in [0.15, 0.2) is 0 Å². The van der Waals surface area contributed by atoms with Crippen molar-refractivity contribution in [3.8, 4) is 5.75 Å². The Bertz CT molecular complexity index is 1400. The number of hydrogen-bond donors (Lipinski definition) is 1. The number of carbonyl (C=O) groups is 2. The molecule has 10 heteroatoms. The molecule has 0 aliphatic rings. The molecule has 0 radical (unpaired) electrons. The zero-order valence-corrected chi connectivity index (χ0v) is 24.1. The number of likely N-dealkylation sites (N-methyl/N-ethyl adjacent to an activating group) is 1. The Morgan fingerprint density at radius 1 is 1.00 bits per heavy atom. The van der Waals surface area contributed by atoms with Crippen molar-refractivity contribution in [2.75, 3.05) is 24.5 Å². The molecule has 39 heavy (non-hydrogen) atoms. The first-order valence-corrected chi connectivity index (χ1v) is 14.5. The Kier molecular flexibility index (Phi) is 10.4. The number of nitrogens with zero attached hydrogens (tertiary/aromatic N) is 2. The molecule has 8 nitrogen and oxygen atoms in total. The number of carbonyl (C=O) groups excluding carboxylic acids is 2. The number of nitrogens with one attached hydrogen (secondary N) is 1. The summed E-state index contributed by atoms with van der Waals surface area (Å²) in [4.78, 5) is 28.2. The van der Waals surface area contributed by atoms with Gasteiger partial charge in [-0.05, 0) is 62.2 Å². The van der Waals surface area contributed by atoms with E-state index < -0.39 is 28.5 Å². The van der Waals surface area contributed by atoms with Crippen LogP contribution in [0.3, 0.4) is 0 Å². The summed E-state index contributed by atoms with van der Waals surface area (Å²) in [6.07, 6.45) is 0.344. The number of amides is 2. The third-order valence-corrected chi connectivity index (χ3v) is 8.21. The minimum absolute atomic E-state index is 0.0328. The molecule has 208 valence electrons. The minimum atomic E-state index is -4.23. The predicted octanol–water partition coefficient (Wildman–Crippen LogP) is 4.80. The van der Waals surface area contributed by atoms with Crippen LogP contribution in [0.5, 0.6) is 5.75 Å². The third-order valence-electron chi connectivity index (χ3n) is 6.18. The number of ether oxygens (including phenoxy) is 1. The number of aryl methyl sites for hydroxylation is 1. The van der Waals surface area contributed by atoms with Crippen molar-refractivity contribution in [3.63, 3.8) is 0 Å². The van der Waals surface area contributed by atoms with Gasteiger partial charge in [0, 0.05) is 18.6 Å². The highest BCUT2D eigenvalue weighted by Crippen LogP contribution is 2.33. The van der Waals surface area contributed by atoms with E-state index in [2.05, 4.69) is 5.32 Å². The molecule has 0 bridgehead atoms. The van der Waals surface area contributed by atoms with E-state index in [9.17, 15) is 18.0 Å². The van der Waals surface area contributed by atoms with Crippen LogP contribution in [0.2, 0.25) is 5.02 Å². The first kappa shape index (κ1) is 30.0. The van der Waals surface area contributed by atoms with Crippen LogP contribution >= 0.6 is 11.6 Å². The maximum Gasteiger partial charge on any atom is 0.264 e. The summed E-state index contributed by atoms with van der Waals surface area (Å²) in [5.41, 5.74) is 2.05. The van der Waals surface area contributed by atoms with Crippen LogP contribution in [0, 0.1) is 6.92 Å². The summed E-state index contributed by atoms with van der Waals surface area (Å²) < 4.78 is 34.7. The molecule has 0 aliphatic heterocycles. The second-order valence-electron chi connectivity index (χ2n) is 8.92. The van der Waals surface area contributed by atoms with Gasteiger partial charge in [0.25, 0.3) is 10.0 Å². The summed E-state index contributed by atoms with van der Waals surface area (Å²) in [6, 6.07) is 19.2. The van der Waals surface area contributed by atoms with E-state index in [0.717, 1.165) is 15.4 Å². The van der Waals surface area contributed by atoms with Gasteiger partial charge in [0.05, 0.1) is 17.2 Å². The van der Waals surface area contributed by atoms with E-state index in [0.29, 0.717) is 23.8 Å². The van der Waals surface area contributed by atoms with Gasteiger partial charge in [-0.2, -0.15) is 0 Å². The summed E-state index contributed by atoms with van der Waals surface area (Å²) in [5.74, 6) is -0.551. The average molecular weight is 572 g/mol. The molecular weight excluding hydrogens is 538 g/mol. The van der Waals surface area contributed by atoms with Crippen LogP contribution in [0.25, 0.3) is 0 Å². The van der Waals surface area contributed by atoms with Crippen molar-refractivity contribution < 1.29 is 22.7 Å². The SMILES string of the molecule is CCOc1ccccc1N(CC(=O)N(Cc1cccc(C)c1)[C@@H](CC)C(=O)NC)S(=O)(=O)c1ccc(Cl)cc1. The van der Waals surface area contributed by atoms with Crippen molar-refractivity contribution >= 4 is 39.1 Å². The number of hydrogen-bond acceptors (Lipinski definition) is 5. The highest BCUT2D eigenvalue weighted by atomic mass is 35.5. The molecule has 3 aromatic carbocycles. The summed E-state index contributed by atoms with van der Waals surface area (Å²) in [6.45, 7) is 5.43. The number of rotatable bonds is 12. The highest BCUT2D eigenvalue weighted by molar-refractivity contribution is 7.92.